The van der Waals surface area contributed by atoms with E-state index >= 15 is 0 Å². The summed E-state index contributed by atoms with van der Waals surface area (Å²) >= 11 is 0. The Bertz CT molecular complexity index is 880. The second-order valence-electron chi connectivity index (χ2n) is 6.50. The lowest BCUT2D eigenvalue weighted by Crippen LogP contribution is -2.39. The van der Waals surface area contributed by atoms with Crippen LogP contribution in [0.1, 0.15) is 24.3 Å². The molecule has 112 valence electrons. The lowest BCUT2D eigenvalue weighted by atomic mass is 9.84. The Morgan fingerprint density at radius 2 is 2.05 bits per heavy atom. The van der Waals surface area contributed by atoms with Gasteiger partial charge in [-0.05, 0) is 30.9 Å². The van der Waals surface area contributed by atoms with Crippen LogP contribution in [-0.4, -0.2) is 27.9 Å². The number of aromatic amines is 1. The van der Waals surface area contributed by atoms with Gasteiger partial charge in [0.15, 0.2) is 0 Å². The van der Waals surface area contributed by atoms with Crippen molar-refractivity contribution in [3.05, 3.63) is 29.8 Å². The fraction of sp³-hybridized carbons (Fsp3) is 0.353. The van der Waals surface area contributed by atoms with Crippen LogP contribution in [0.3, 0.4) is 0 Å². The van der Waals surface area contributed by atoms with Crippen molar-refractivity contribution >= 4 is 22.5 Å². The molecule has 1 fully saturated rings. The summed E-state index contributed by atoms with van der Waals surface area (Å²) in [5.74, 6) is 2.68. The topological polar surface area (TPSA) is 62.9 Å². The number of nitrogens with one attached hydrogen (secondary N) is 1. The van der Waals surface area contributed by atoms with E-state index in [0.717, 1.165) is 11.3 Å². The van der Waals surface area contributed by atoms with Crippen LogP contribution in [0.25, 0.3) is 22.2 Å². The molecule has 5 heteroatoms. The highest BCUT2D eigenvalue weighted by Crippen LogP contribution is 2.47. The normalized spacial score (nSPS) is 17.4. The quantitative estimate of drug-likeness (QED) is 0.725. The molecule has 22 heavy (non-hydrogen) atoms. The number of benzene rings is 1. The molecule has 0 aliphatic carbocycles. The van der Waals surface area contributed by atoms with E-state index in [1.807, 2.05) is 6.07 Å². The van der Waals surface area contributed by atoms with Gasteiger partial charge >= 0.3 is 0 Å². The zero-order valence-corrected chi connectivity index (χ0v) is 12.6. The second-order valence-corrected chi connectivity index (χ2v) is 6.50. The zero-order chi connectivity index (χ0) is 14.8. The van der Waals surface area contributed by atoms with Crippen LogP contribution in [0.5, 0.6) is 0 Å². The number of rotatable bonds is 1. The highest BCUT2D eigenvalue weighted by Gasteiger charge is 2.35. The van der Waals surface area contributed by atoms with E-state index in [1.54, 1.807) is 5.56 Å². The molecule has 5 nitrogen and oxygen atoms in total. The fourth-order valence-electron chi connectivity index (χ4n) is 4.28. The van der Waals surface area contributed by atoms with E-state index in [0.29, 0.717) is 11.7 Å². The number of hydrogen-bond donors (Lipinski definition) is 2. The molecule has 3 N–H and O–H groups in total. The molecule has 0 spiro atoms. The van der Waals surface area contributed by atoms with Crippen molar-refractivity contribution in [2.24, 2.45) is 7.05 Å². The molecule has 5 heterocycles. The Balaban J connectivity index is 1.78. The van der Waals surface area contributed by atoms with Crippen LogP contribution in [0.2, 0.25) is 0 Å². The van der Waals surface area contributed by atoms with E-state index in [1.165, 1.54) is 42.7 Å². The van der Waals surface area contributed by atoms with Gasteiger partial charge in [-0.2, -0.15) is 5.10 Å². The number of piperidine rings is 1. The van der Waals surface area contributed by atoms with Crippen LogP contribution in [-0.2, 0) is 7.05 Å². The van der Waals surface area contributed by atoms with Crippen molar-refractivity contribution in [3.8, 4) is 11.3 Å². The lowest BCUT2D eigenvalue weighted by molar-refractivity contribution is 0.469. The van der Waals surface area contributed by atoms with Gasteiger partial charge < -0.3 is 15.2 Å². The minimum absolute atomic E-state index is 0.537. The standard InChI is InChI=1S/C17H19N5/c1-21-14-3-2-11(13-9-15(18)20-19-13)8-12(14)16-10-4-6-22(7-5-10)17(16)21/h2-3,8-10H,4-7H2,1H3,(H3,18,19,20). The molecule has 3 aliphatic rings. The Hall–Kier alpha value is -2.43. The highest BCUT2D eigenvalue weighted by molar-refractivity contribution is 5.94. The molecule has 1 saturated heterocycles. The zero-order valence-electron chi connectivity index (χ0n) is 12.6. The molecule has 0 unspecified atom stereocenters. The fourth-order valence-corrected chi connectivity index (χ4v) is 4.28. The number of nitrogens with two attached hydrogens (primary N) is 1. The summed E-state index contributed by atoms with van der Waals surface area (Å²) in [6, 6.07) is 8.56. The van der Waals surface area contributed by atoms with Gasteiger partial charge in [-0.1, -0.05) is 6.07 Å². The van der Waals surface area contributed by atoms with Gasteiger partial charge in [0.1, 0.15) is 11.6 Å². The van der Waals surface area contributed by atoms with Crippen molar-refractivity contribution in [2.45, 2.75) is 18.8 Å². The molecule has 6 rings (SSSR count). The lowest BCUT2D eigenvalue weighted by Gasteiger charge is -2.41. The third-order valence-corrected chi connectivity index (χ3v) is 5.32. The number of anilines is 2. The van der Waals surface area contributed by atoms with E-state index < -0.39 is 0 Å². The van der Waals surface area contributed by atoms with E-state index in [9.17, 15) is 0 Å². The Morgan fingerprint density at radius 1 is 1.23 bits per heavy atom. The average molecular weight is 293 g/mol. The molecular formula is C17H19N5. The smallest absolute Gasteiger partial charge is 0.145 e. The summed E-state index contributed by atoms with van der Waals surface area (Å²) in [4.78, 5) is 2.54. The van der Waals surface area contributed by atoms with E-state index in [2.05, 4.69) is 44.9 Å². The number of hydrogen-bond acceptors (Lipinski definition) is 3. The van der Waals surface area contributed by atoms with Crippen LogP contribution in [0, 0.1) is 0 Å². The number of aryl methyl sites for hydroxylation is 1. The number of H-pyrrole nitrogens is 1. The van der Waals surface area contributed by atoms with Crippen LogP contribution < -0.4 is 10.6 Å². The minimum atomic E-state index is 0.537. The van der Waals surface area contributed by atoms with Crippen molar-refractivity contribution in [1.29, 1.82) is 0 Å². The Labute approximate surface area is 128 Å². The maximum absolute atomic E-state index is 5.74. The third-order valence-electron chi connectivity index (χ3n) is 5.32. The molecule has 0 amide bonds. The summed E-state index contributed by atoms with van der Waals surface area (Å²) in [5.41, 5.74) is 10.7. The van der Waals surface area contributed by atoms with Crippen LogP contribution >= 0.6 is 0 Å². The van der Waals surface area contributed by atoms with Crippen LogP contribution in [0.15, 0.2) is 24.3 Å². The number of nitrogen functional groups attached to an aromatic ring is 1. The summed E-state index contributed by atoms with van der Waals surface area (Å²) in [6.45, 7) is 2.40. The average Bonchev–Trinajstić information content (AvgIpc) is 3.12. The summed E-state index contributed by atoms with van der Waals surface area (Å²) in [7, 11) is 2.19. The van der Waals surface area contributed by atoms with Gasteiger partial charge in [-0.25, -0.2) is 0 Å². The number of nitrogens with zero attached hydrogens (tertiary/aromatic N) is 3. The molecular weight excluding hydrogens is 274 g/mol. The van der Waals surface area contributed by atoms with Gasteiger partial charge in [-0.3, -0.25) is 5.10 Å². The molecule has 2 aromatic heterocycles. The summed E-state index contributed by atoms with van der Waals surface area (Å²) in [6.07, 6.45) is 2.57. The second kappa shape index (κ2) is 4.06. The van der Waals surface area contributed by atoms with Crippen molar-refractivity contribution in [2.75, 3.05) is 23.7 Å². The largest absolute Gasteiger partial charge is 0.382 e. The molecule has 0 saturated carbocycles. The summed E-state index contributed by atoms with van der Waals surface area (Å²) in [5, 5.41) is 8.44. The predicted octanol–water partition coefficient (Wildman–Crippen LogP) is 2.85. The first kappa shape index (κ1) is 12.1. The van der Waals surface area contributed by atoms with E-state index in [-0.39, 0.29) is 0 Å². The highest BCUT2D eigenvalue weighted by atomic mass is 15.3. The summed E-state index contributed by atoms with van der Waals surface area (Å²) < 4.78 is 2.36. The third kappa shape index (κ3) is 1.46. The maximum atomic E-state index is 5.74. The van der Waals surface area contributed by atoms with Gasteiger partial charge in [0, 0.05) is 48.2 Å². The first-order valence-electron chi connectivity index (χ1n) is 7.91. The number of aromatic nitrogens is 3. The first-order chi connectivity index (χ1) is 10.7. The Kier molecular flexibility index (Phi) is 2.24. The predicted molar refractivity (Wildman–Crippen MR) is 89.1 cm³/mol. The van der Waals surface area contributed by atoms with Crippen molar-refractivity contribution in [1.82, 2.24) is 14.8 Å². The van der Waals surface area contributed by atoms with Gasteiger partial charge in [-0.15, -0.1) is 0 Å². The molecule has 3 aromatic rings. The van der Waals surface area contributed by atoms with Crippen molar-refractivity contribution in [3.63, 3.8) is 0 Å². The number of fused-ring (bicyclic) bond motifs is 3. The van der Waals surface area contributed by atoms with Crippen molar-refractivity contribution < 1.29 is 0 Å². The maximum Gasteiger partial charge on any atom is 0.145 e. The molecule has 0 atom stereocenters. The molecule has 0 radical (unpaired) electrons. The first-order valence-corrected chi connectivity index (χ1v) is 7.91. The van der Waals surface area contributed by atoms with Gasteiger partial charge in [0.05, 0.1) is 5.69 Å². The van der Waals surface area contributed by atoms with Gasteiger partial charge in [0.25, 0.3) is 0 Å². The molecule has 3 aliphatic heterocycles. The van der Waals surface area contributed by atoms with Crippen LogP contribution in [0.4, 0.5) is 11.6 Å². The van der Waals surface area contributed by atoms with Gasteiger partial charge in [0.2, 0.25) is 0 Å². The Morgan fingerprint density at radius 3 is 2.77 bits per heavy atom. The molecule has 2 bridgehead atoms. The van der Waals surface area contributed by atoms with E-state index in [4.69, 9.17) is 5.73 Å². The minimum Gasteiger partial charge on any atom is -0.382 e. The SMILES string of the molecule is Cn1c2c(c3cc(-c4cc(N)n[nH]4)ccc31)C1CCN2CC1. The molecule has 1 aromatic carbocycles. The monoisotopic (exact) mass is 293 g/mol.